The molecule has 0 radical (unpaired) electrons. The maximum atomic E-state index is 13.5. The molecule has 0 bridgehead atoms. The molecule has 0 aliphatic heterocycles. The van der Waals surface area contributed by atoms with Gasteiger partial charge in [0.15, 0.2) is 11.6 Å². The number of nitrogens with zero attached hydrogens (tertiary/aromatic N) is 2. The van der Waals surface area contributed by atoms with Crippen LogP contribution in [0.3, 0.4) is 0 Å². The number of fused-ring (bicyclic) bond motifs is 1. The summed E-state index contributed by atoms with van der Waals surface area (Å²) in [7, 11) is 0. The van der Waals surface area contributed by atoms with Gasteiger partial charge in [-0.15, -0.1) is 0 Å². The maximum Gasteiger partial charge on any atom is 0.288 e. The molecule has 26 heavy (non-hydrogen) atoms. The summed E-state index contributed by atoms with van der Waals surface area (Å²) < 4.78 is 24.4. The van der Waals surface area contributed by atoms with Crippen molar-refractivity contribution >= 4 is 16.9 Å². The largest absolute Gasteiger partial charge is 0.451 e. The van der Waals surface area contributed by atoms with Gasteiger partial charge in [-0.25, -0.2) is 4.39 Å². The SMILES string of the molecule is Cc1nc(C2(NC(=O)c3oc4ccc(F)cc4c3C)CCCCC2)no1. The lowest BCUT2D eigenvalue weighted by molar-refractivity contribution is 0.0828. The third-order valence-electron chi connectivity index (χ3n) is 5.12. The van der Waals surface area contributed by atoms with Gasteiger partial charge < -0.3 is 14.3 Å². The summed E-state index contributed by atoms with van der Waals surface area (Å²) in [5.41, 5.74) is 0.443. The molecule has 3 aromatic rings. The van der Waals surface area contributed by atoms with Crippen molar-refractivity contribution in [2.45, 2.75) is 51.5 Å². The van der Waals surface area contributed by atoms with E-state index in [2.05, 4.69) is 15.5 Å². The van der Waals surface area contributed by atoms with Gasteiger partial charge in [0.2, 0.25) is 5.89 Å². The van der Waals surface area contributed by atoms with Crippen molar-refractivity contribution in [3.05, 3.63) is 47.1 Å². The van der Waals surface area contributed by atoms with Gasteiger partial charge in [-0.1, -0.05) is 24.4 Å². The first-order valence-corrected chi connectivity index (χ1v) is 8.80. The third-order valence-corrected chi connectivity index (χ3v) is 5.12. The Morgan fingerprint density at radius 3 is 2.69 bits per heavy atom. The maximum absolute atomic E-state index is 13.5. The topological polar surface area (TPSA) is 81.2 Å². The monoisotopic (exact) mass is 357 g/mol. The fraction of sp³-hybridized carbons (Fsp3) is 0.421. The molecule has 1 amide bonds. The molecule has 6 nitrogen and oxygen atoms in total. The average Bonchev–Trinajstić information content (AvgIpc) is 3.20. The van der Waals surface area contributed by atoms with Gasteiger partial charge in [0.05, 0.1) is 0 Å². The molecule has 1 saturated carbocycles. The number of aromatic nitrogens is 2. The minimum Gasteiger partial charge on any atom is -0.451 e. The fourth-order valence-corrected chi connectivity index (χ4v) is 3.74. The number of nitrogens with one attached hydrogen (secondary N) is 1. The number of amides is 1. The Labute approximate surface area is 149 Å². The second-order valence-corrected chi connectivity index (χ2v) is 6.93. The molecule has 2 aromatic heterocycles. The molecule has 4 rings (SSSR count). The van der Waals surface area contributed by atoms with Crippen LogP contribution in [0, 0.1) is 19.7 Å². The molecular weight excluding hydrogens is 337 g/mol. The number of aryl methyl sites for hydroxylation is 2. The average molecular weight is 357 g/mol. The van der Waals surface area contributed by atoms with Crippen LogP contribution in [0.5, 0.6) is 0 Å². The predicted octanol–water partition coefficient (Wildman–Crippen LogP) is 4.16. The Bertz CT molecular complexity index is 970. The lowest BCUT2D eigenvalue weighted by Crippen LogP contribution is -2.48. The van der Waals surface area contributed by atoms with E-state index in [1.807, 2.05) is 0 Å². The molecule has 0 unspecified atom stereocenters. The Morgan fingerprint density at radius 2 is 2.00 bits per heavy atom. The Balaban J connectivity index is 1.70. The second kappa shape index (κ2) is 6.23. The highest BCUT2D eigenvalue weighted by molar-refractivity contribution is 5.99. The highest BCUT2D eigenvalue weighted by Crippen LogP contribution is 2.36. The van der Waals surface area contributed by atoms with E-state index in [9.17, 15) is 9.18 Å². The van der Waals surface area contributed by atoms with Gasteiger partial charge in [0.25, 0.3) is 5.91 Å². The Hall–Kier alpha value is -2.70. The van der Waals surface area contributed by atoms with E-state index in [0.29, 0.717) is 28.2 Å². The molecule has 0 saturated heterocycles. The number of carbonyl (C=O) groups is 1. The minimum atomic E-state index is -0.663. The molecular formula is C19H20FN3O3. The van der Waals surface area contributed by atoms with Gasteiger partial charge in [0.1, 0.15) is 16.9 Å². The van der Waals surface area contributed by atoms with Crippen LogP contribution in [0.4, 0.5) is 4.39 Å². The first-order chi connectivity index (χ1) is 12.5. The molecule has 1 aromatic carbocycles. The highest BCUT2D eigenvalue weighted by Gasteiger charge is 2.40. The van der Waals surface area contributed by atoms with E-state index in [0.717, 1.165) is 32.1 Å². The number of rotatable bonds is 3. The predicted molar refractivity (Wildman–Crippen MR) is 92.2 cm³/mol. The van der Waals surface area contributed by atoms with Crippen molar-refractivity contribution in [3.8, 4) is 0 Å². The zero-order valence-electron chi connectivity index (χ0n) is 14.8. The van der Waals surface area contributed by atoms with E-state index in [-0.39, 0.29) is 17.5 Å². The quantitative estimate of drug-likeness (QED) is 0.761. The lowest BCUT2D eigenvalue weighted by atomic mass is 9.81. The van der Waals surface area contributed by atoms with Gasteiger partial charge in [-0.05, 0) is 38.0 Å². The van der Waals surface area contributed by atoms with Gasteiger partial charge in [-0.2, -0.15) is 4.98 Å². The van der Waals surface area contributed by atoms with Crippen molar-refractivity contribution in [2.75, 3.05) is 0 Å². The Kier molecular flexibility index (Phi) is 4.01. The van der Waals surface area contributed by atoms with Gasteiger partial charge >= 0.3 is 0 Å². The second-order valence-electron chi connectivity index (χ2n) is 6.93. The normalized spacial score (nSPS) is 16.7. The first-order valence-electron chi connectivity index (χ1n) is 8.80. The zero-order valence-corrected chi connectivity index (χ0v) is 14.8. The van der Waals surface area contributed by atoms with Crippen LogP contribution >= 0.6 is 0 Å². The molecule has 1 N–H and O–H groups in total. The van der Waals surface area contributed by atoms with Crippen molar-refractivity contribution in [1.82, 2.24) is 15.5 Å². The summed E-state index contributed by atoms with van der Waals surface area (Å²) in [4.78, 5) is 17.3. The summed E-state index contributed by atoms with van der Waals surface area (Å²) in [6.07, 6.45) is 4.53. The molecule has 0 atom stereocenters. The van der Waals surface area contributed by atoms with Crippen LogP contribution in [-0.4, -0.2) is 16.0 Å². The minimum absolute atomic E-state index is 0.191. The first kappa shape index (κ1) is 16.8. The van der Waals surface area contributed by atoms with E-state index < -0.39 is 5.54 Å². The summed E-state index contributed by atoms with van der Waals surface area (Å²) in [6, 6.07) is 4.23. The number of benzene rings is 1. The van der Waals surface area contributed by atoms with Crippen LogP contribution in [0.1, 0.15) is 59.9 Å². The van der Waals surface area contributed by atoms with Crippen LogP contribution in [0.15, 0.2) is 27.1 Å². The smallest absolute Gasteiger partial charge is 0.288 e. The number of halogens is 1. The molecule has 1 aliphatic carbocycles. The number of carbonyl (C=O) groups excluding carboxylic acids is 1. The molecule has 7 heteroatoms. The molecule has 1 aliphatic rings. The molecule has 2 heterocycles. The van der Waals surface area contributed by atoms with E-state index in [4.69, 9.17) is 8.94 Å². The van der Waals surface area contributed by atoms with Gasteiger partial charge in [-0.3, -0.25) is 4.79 Å². The van der Waals surface area contributed by atoms with Gasteiger partial charge in [0, 0.05) is 17.9 Å². The summed E-state index contributed by atoms with van der Waals surface area (Å²) in [5.74, 6) is 0.455. The number of hydrogen-bond donors (Lipinski definition) is 1. The number of furan rings is 1. The van der Waals surface area contributed by atoms with Crippen LogP contribution in [0.25, 0.3) is 11.0 Å². The number of hydrogen-bond acceptors (Lipinski definition) is 5. The third kappa shape index (κ3) is 2.77. The molecule has 136 valence electrons. The zero-order chi connectivity index (χ0) is 18.3. The van der Waals surface area contributed by atoms with Crippen molar-refractivity contribution < 1.29 is 18.1 Å². The van der Waals surface area contributed by atoms with Crippen molar-refractivity contribution in [3.63, 3.8) is 0 Å². The lowest BCUT2D eigenvalue weighted by Gasteiger charge is -2.35. The standard InChI is InChI=1S/C19H20FN3O3/c1-11-14-10-13(20)6-7-15(14)25-16(11)17(24)22-19(8-4-3-5-9-19)18-21-12(2)26-23-18/h6-7,10H,3-5,8-9H2,1-2H3,(H,22,24). The van der Waals surface area contributed by atoms with E-state index in [1.165, 1.54) is 18.2 Å². The van der Waals surface area contributed by atoms with Crippen molar-refractivity contribution in [2.24, 2.45) is 0 Å². The summed E-state index contributed by atoms with van der Waals surface area (Å²) in [6.45, 7) is 3.49. The van der Waals surface area contributed by atoms with Crippen LogP contribution < -0.4 is 5.32 Å². The summed E-state index contributed by atoms with van der Waals surface area (Å²) >= 11 is 0. The van der Waals surface area contributed by atoms with Crippen LogP contribution in [0.2, 0.25) is 0 Å². The molecule has 1 fully saturated rings. The fourth-order valence-electron chi connectivity index (χ4n) is 3.74. The van der Waals surface area contributed by atoms with E-state index in [1.54, 1.807) is 13.8 Å². The van der Waals surface area contributed by atoms with Crippen LogP contribution in [-0.2, 0) is 5.54 Å². The summed E-state index contributed by atoms with van der Waals surface area (Å²) in [5, 5.41) is 7.74. The molecule has 0 spiro atoms. The van der Waals surface area contributed by atoms with E-state index >= 15 is 0 Å². The highest BCUT2D eigenvalue weighted by atomic mass is 19.1. The van der Waals surface area contributed by atoms with Crippen molar-refractivity contribution in [1.29, 1.82) is 0 Å². The Morgan fingerprint density at radius 1 is 1.23 bits per heavy atom.